The van der Waals surface area contributed by atoms with Crippen molar-refractivity contribution in [1.82, 2.24) is 0 Å². The second-order valence-corrected chi connectivity index (χ2v) is 16.5. The summed E-state index contributed by atoms with van der Waals surface area (Å²) in [7, 11) is 0. The molecule has 0 spiro atoms. The molecule has 0 heterocycles. The highest BCUT2D eigenvalue weighted by atomic mass is 16.7. The standard InChI is InChI=1S/C48H94O8.4CH4/c1-5-7-9-11-13-15-17-19-21-23-25-27-31-35-39-51-41-45(3)53-43-55-47(49)37-33-29-30-34-38-48(50)56-44-54-46(4)42-52-40-36-32-28-26-24-22-20-18-16-14-12-10-8-6-2;;;;/h45-46H,5-44H2,1-4H3;4*1H4. The third kappa shape index (κ3) is 56.8. The number of carbonyl (C=O) groups excluding carboxylic acids is 2. The predicted octanol–water partition coefficient (Wildman–Crippen LogP) is 16.7. The van der Waals surface area contributed by atoms with Crippen LogP contribution in [0.2, 0.25) is 0 Å². The summed E-state index contributed by atoms with van der Waals surface area (Å²) in [6.07, 6.45) is 41.5. The van der Waals surface area contributed by atoms with E-state index >= 15 is 0 Å². The van der Waals surface area contributed by atoms with E-state index in [-0.39, 0.29) is 67.4 Å². The Bertz CT molecular complexity index is 730. The molecular formula is C52H110O8. The number of hydrogen-bond acceptors (Lipinski definition) is 8. The maximum absolute atomic E-state index is 12.0. The molecule has 0 N–H and O–H groups in total. The van der Waals surface area contributed by atoms with Gasteiger partial charge in [-0.2, -0.15) is 0 Å². The van der Waals surface area contributed by atoms with Crippen LogP contribution in [-0.2, 0) is 38.0 Å². The first-order valence-corrected chi connectivity index (χ1v) is 24.2. The Morgan fingerprint density at radius 1 is 0.350 bits per heavy atom. The van der Waals surface area contributed by atoms with Gasteiger partial charge in [-0.25, -0.2) is 0 Å². The van der Waals surface area contributed by atoms with E-state index < -0.39 is 0 Å². The molecule has 0 aliphatic heterocycles. The Balaban J connectivity index is -0.00000252. The molecule has 2 atom stereocenters. The molecule has 0 aromatic carbocycles. The highest BCUT2D eigenvalue weighted by Crippen LogP contribution is 2.15. The zero-order valence-corrected chi connectivity index (χ0v) is 37.7. The summed E-state index contributed by atoms with van der Waals surface area (Å²) < 4.78 is 33.1. The molecule has 2 unspecified atom stereocenters. The van der Waals surface area contributed by atoms with Crippen molar-refractivity contribution >= 4 is 11.9 Å². The smallest absolute Gasteiger partial charge is 0.307 e. The lowest BCUT2D eigenvalue weighted by atomic mass is 10.0. The number of esters is 2. The summed E-state index contributed by atoms with van der Waals surface area (Å²) >= 11 is 0. The second-order valence-electron chi connectivity index (χ2n) is 16.5. The fourth-order valence-corrected chi connectivity index (χ4v) is 6.86. The van der Waals surface area contributed by atoms with Crippen molar-refractivity contribution in [2.75, 3.05) is 40.0 Å². The Hall–Kier alpha value is -1.22. The van der Waals surface area contributed by atoms with Gasteiger partial charge < -0.3 is 28.4 Å². The van der Waals surface area contributed by atoms with Crippen molar-refractivity contribution in [3.05, 3.63) is 0 Å². The zero-order valence-electron chi connectivity index (χ0n) is 37.7. The summed E-state index contributed by atoms with van der Waals surface area (Å²) in [4.78, 5) is 24.1. The number of ether oxygens (including phenoxy) is 6. The third-order valence-electron chi connectivity index (χ3n) is 10.6. The van der Waals surface area contributed by atoms with E-state index in [4.69, 9.17) is 28.4 Å². The first-order valence-electron chi connectivity index (χ1n) is 24.2. The van der Waals surface area contributed by atoms with Gasteiger partial charge in [0, 0.05) is 26.1 Å². The van der Waals surface area contributed by atoms with Crippen molar-refractivity contribution in [2.24, 2.45) is 0 Å². The van der Waals surface area contributed by atoms with Crippen LogP contribution in [0, 0.1) is 0 Å². The number of hydrogen-bond donors (Lipinski definition) is 0. The van der Waals surface area contributed by atoms with Gasteiger partial charge in [0.15, 0.2) is 13.6 Å². The zero-order chi connectivity index (χ0) is 40.8. The van der Waals surface area contributed by atoms with Crippen LogP contribution in [0.3, 0.4) is 0 Å². The van der Waals surface area contributed by atoms with Crippen LogP contribution >= 0.6 is 0 Å². The first-order chi connectivity index (χ1) is 27.5. The van der Waals surface area contributed by atoms with E-state index in [1.54, 1.807) is 0 Å². The third-order valence-corrected chi connectivity index (χ3v) is 10.6. The number of rotatable bonds is 47. The maximum atomic E-state index is 12.0. The van der Waals surface area contributed by atoms with Gasteiger partial charge >= 0.3 is 11.9 Å². The van der Waals surface area contributed by atoms with Gasteiger partial charge in [-0.05, 0) is 39.5 Å². The van der Waals surface area contributed by atoms with Gasteiger partial charge in [0.1, 0.15) is 0 Å². The van der Waals surface area contributed by atoms with E-state index in [1.807, 2.05) is 13.8 Å². The molecule has 0 radical (unpaired) electrons. The Morgan fingerprint density at radius 3 is 0.850 bits per heavy atom. The van der Waals surface area contributed by atoms with Crippen molar-refractivity contribution < 1.29 is 38.0 Å². The lowest BCUT2D eigenvalue weighted by molar-refractivity contribution is -0.164. The van der Waals surface area contributed by atoms with Gasteiger partial charge in [0.2, 0.25) is 0 Å². The minimum absolute atomic E-state index is 0. The molecule has 60 heavy (non-hydrogen) atoms. The van der Waals surface area contributed by atoms with Crippen LogP contribution in [0.25, 0.3) is 0 Å². The van der Waals surface area contributed by atoms with Crippen molar-refractivity contribution in [3.63, 3.8) is 0 Å². The van der Waals surface area contributed by atoms with Crippen LogP contribution < -0.4 is 0 Å². The molecule has 0 aliphatic carbocycles. The molecule has 0 aliphatic rings. The van der Waals surface area contributed by atoms with E-state index in [2.05, 4.69) is 13.8 Å². The molecule has 0 amide bonds. The number of carbonyl (C=O) groups is 2. The van der Waals surface area contributed by atoms with Gasteiger partial charge in [0.05, 0.1) is 25.4 Å². The lowest BCUT2D eigenvalue weighted by Crippen LogP contribution is -2.19. The Labute approximate surface area is 376 Å². The second kappa shape index (κ2) is 57.8. The van der Waals surface area contributed by atoms with Gasteiger partial charge in [-0.1, -0.05) is 223 Å². The predicted molar refractivity (Wildman–Crippen MR) is 260 cm³/mol. The highest BCUT2D eigenvalue weighted by Gasteiger charge is 2.09. The maximum Gasteiger partial charge on any atom is 0.307 e. The molecule has 366 valence electrons. The fraction of sp³-hybridized carbons (Fsp3) is 0.962. The fourth-order valence-electron chi connectivity index (χ4n) is 6.86. The van der Waals surface area contributed by atoms with Crippen LogP contribution in [-0.4, -0.2) is 64.2 Å². The quantitative estimate of drug-likeness (QED) is 0.0339. The average Bonchev–Trinajstić information content (AvgIpc) is 3.18. The highest BCUT2D eigenvalue weighted by molar-refractivity contribution is 5.69. The topological polar surface area (TPSA) is 89.5 Å². The molecule has 0 bridgehead atoms. The summed E-state index contributed by atoms with van der Waals surface area (Å²) in [6, 6.07) is 0. The molecule has 0 fully saturated rings. The lowest BCUT2D eigenvalue weighted by Gasteiger charge is -2.14. The van der Waals surface area contributed by atoms with Gasteiger partial charge in [-0.3, -0.25) is 9.59 Å². The first kappa shape index (κ1) is 67.8. The van der Waals surface area contributed by atoms with Gasteiger partial charge in [-0.15, -0.1) is 0 Å². The van der Waals surface area contributed by atoms with Crippen molar-refractivity contribution in [3.8, 4) is 0 Å². The summed E-state index contributed by atoms with van der Waals surface area (Å²) in [5.74, 6) is -0.510. The largest absolute Gasteiger partial charge is 0.438 e. The molecule has 0 aromatic heterocycles. The summed E-state index contributed by atoms with van der Waals surface area (Å²) in [6.45, 7) is 10.9. The Kier molecular flexibility index (Phi) is 65.3. The van der Waals surface area contributed by atoms with Crippen molar-refractivity contribution in [2.45, 2.75) is 288 Å². The number of unbranched alkanes of at least 4 members (excludes halogenated alkanes) is 29. The van der Waals surface area contributed by atoms with Crippen LogP contribution in [0.15, 0.2) is 0 Å². The summed E-state index contributed by atoms with van der Waals surface area (Å²) in [5, 5.41) is 0. The van der Waals surface area contributed by atoms with Gasteiger partial charge in [0.25, 0.3) is 0 Å². The van der Waals surface area contributed by atoms with Crippen molar-refractivity contribution in [1.29, 1.82) is 0 Å². The normalized spacial score (nSPS) is 11.7. The Morgan fingerprint density at radius 2 is 0.583 bits per heavy atom. The molecule has 0 rings (SSSR count). The average molecular weight is 863 g/mol. The minimum atomic E-state index is -0.255. The van der Waals surface area contributed by atoms with Crippen LogP contribution in [0.1, 0.15) is 276 Å². The molecular weight excluding hydrogens is 753 g/mol. The summed E-state index contributed by atoms with van der Waals surface area (Å²) in [5.41, 5.74) is 0. The van der Waals surface area contributed by atoms with E-state index in [9.17, 15) is 9.59 Å². The van der Waals surface area contributed by atoms with E-state index in [1.165, 1.54) is 167 Å². The molecule has 0 aromatic rings. The van der Waals surface area contributed by atoms with E-state index in [0.717, 1.165) is 51.7 Å². The van der Waals surface area contributed by atoms with Crippen LogP contribution in [0.4, 0.5) is 0 Å². The molecule has 8 heteroatoms. The SMILES string of the molecule is C.C.C.C.CCCCCCCCCCCCCCCCOCC(C)OCOC(=O)CCCCCCC(=O)OCOC(C)COCCCCCCCCCCCCCCCC. The van der Waals surface area contributed by atoms with E-state index in [0.29, 0.717) is 26.1 Å². The minimum Gasteiger partial charge on any atom is -0.438 e. The molecule has 8 nitrogen and oxygen atoms in total. The van der Waals surface area contributed by atoms with Crippen LogP contribution in [0.5, 0.6) is 0 Å². The molecule has 0 saturated carbocycles. The molecule has 0 saturated heterocycles. The monoisotopic (exact) mass is 863 g/mol.